The molecule has 0 radical (unpaired) electrons. The molecule has 0 aliphatic rings. The summed E-state index contributed by atoms with van der Waals surface area (Å²) in [7, 11) is 0. The van der Waals surface area contributed by atoms with Crippen molar-refractivity contribution in [3.63, 3.8) is 0 Å². The van der Waals surface area contributed by atoms with Crippen molar-refractivity contribution in [2.45, 2.75) is 6.54 Å². The number of carbonyl (C=O) groups excluding carboxylic acids is 1. The zero-order valence-electron chi connectivity index (χ0n) is 13.4. The van der Waals surface area contributed by atoms with Crippen LogP contribution in [0.5, 0.6) is 0 Å². The predicted molar refractivity (Wildman–Crippen MR) is 90.2 cm³/mol. The Morgan fingerprint density at radius 1 is 1.16 bits per heavy atom. The van der Waals surface area contributed by atoms with Gasteiger partial charge < -0.3 is 14.4 Å². The maximum Gasteiger partial charge on any atom is 0.289 e. The molecule has 6 heteroatoms. The van der Waals surface area contributed by atoms with Gasteiger partial charge in [-0.2, -0.15) is 0 Å². The van der Waals surface area contributed by atoms with E-state index in [4.69, 9.17) is 4.42 Å². The molecule has 25 heavy (non-hydrogen) atoms. The van der Waals surface area contributed by atoms with Gasteiger partial charge in [0.05, 0.1) is 6.61 Å². The van der Waals surface area contributed by atoms with Crippen molar-refractivity contribution < 1.29 is 18.7 Å². The Labute approximate surface area is 144 Å². The zero-order chi connectivity index (χ0) is 17.6. The van der Waals surface area contributed by atoms with Crippen molar-refractivity contribution in [2.24, 2.45) is 0 Å². The van der Waals surface area contributed by atoms with E-state index in [1.54, 1.807) is 42.7 Å². The van der Waals surface area contributed by atoms with Gasteiger partial charge in [0.15, 0.2) is 5.76 Å². The third-order valence-corrected chi connectivity index (χ3v) is 3.70. The van der Waals surface area contributed by atoms with E-state index in [1.165, 1.54) is 17.0 Å². The SMILES string of the molecule is O=C(c1ccc(-c2ccc(F)cc2)o1)N(CCO)Cc1cccnc1. The first-order chi connectivity index (χ1) is 12.2. The summed E-state index contributed by atoms with van der Waals surface area (Å²) in [5.74, 6) is -0.0196. The second-order valence-electron chi connectivity index (χ2n) is 5.48. The molecule has 0 bridgehead atoms. The molecule has 1 amide bonds. The first-order valence-corrected chi connectivity index (χ1v) is 7.82. The van der Waals surface area contributed by atoms with E-state index >= 15 is 0 Å². The van der Waals surface area contributed by atoms with Crippen LogP contribution in [0.3, 0.4) is 0 Å². The maximum absolute atomic E-state index is 13.0. The van der Waals surface area contributed by atoms with E-state index < -0.39 is 0 Å². The Hall–Kier alpha value is -2.99. The molecule has 0 atom stereocenters. The topological polar surface area (TPSA) is 66.6 Å². The number of nitrogens with zero attached hydrogens (tertiary/aromatic N) is 2. The van der Waals surface area contributed by atoms with E-state index in [9.17, 15) is 14.3 Å². The van der Waals surface area contributed by atoms with E-state index in [1.807, 2.05) is 6.07 Å². The molecule has 0 aliphatic carbocycles. The number of rotatable bonds is 6. The lowest BCUT2D eigenvalue weighted by Gasteiger charge is -2.20. The number of furan rings is 1. The van der Waals surface area contributed by atoms with Crippen LogP contribution < -0.4 is 0 Å². The molecule has 3 rings (SSSR count). The van der Waals surface area contributed by atoms with E-state index in [-0.39, 0.29) is 30.6 Å². The lowest BCUT2D eigenvalue weighted by molar-refractivity contribution is 0.0676. The number of aliphatic hydroxyl groups is 1. The van der Waals surface area contributed by atoms with Crippen molar-refractivity contribution in [1.82, 2.24) is 9.88 Å². The van der Waals surface area contributed by atoms with Crippen LogP contribution >= 0.6 is 0 Å². The highest BCUT2D eigenvalue weighted by Gasteiger charge is 2.20. The van der Waals surface area contributed by atoms with Crippen LogP contribution in [-0.2, 0) is 6.54 Å². The summed E-state index contributed by atoms with van der Waals surface area (Å²) in [6.07, 6.45) is 3.33. The fraction of sp³-hybridized carbons (Fsp3) is 0.158. The maximum atomic E-state index is 13.0. The van der Waals surface area contributed by atoms with E-state index in [0.717, 1.165) is 5.56 Å². The lowest BCUT2D eigenvalue weighted by Crippen LogP contribution is -2.32. The first kappa shape index (κ1) is 16.9. The number of hydrogen-bond donors (Lipinski definition) is 1. The third kappa shape index (κ3) is 4.10. The molecule has 0 saturated carbocycles. The van der Waals surface area contributed by atoms with E-state index in [0.29, 0.717) is 17.9 Å². The number of aromatic nitrogens is 1. The van der Waals surface area contributed by atoms with Gasteiger partial charge in [0.1, 0.15) is 11.6 Å². The van der Waals surface area contributed by atoms with Crippen LogP contribution in [-0.4, -0.2) is 34.0 Å². The number of halogens is 1. The predicted octanol–water partition coefficient (Wildman–Crippen LogP) is 3.12. The fourth-order valence-electron chi connectivity index (χ4n) is 2.46. The molecule has 0 spiro atoms. The van der Waals surface area contributed by atoms with Crippen molar-refractivity contribution in [2.75, 3.05) is 13.2 Å². The summed E-state index contributed by atoms with van der Waals surface area (Å²) >= 11 is 0. The van der Waals surface area contributed by atoms with Crippen LogP contribution in [0.2, 0.25) is 0 Å². The number of carbonyl (C=O) groups is 1. The Kier molecular flexibility index (Phi) is 5.20. The normalized spacial score (nSPS) is 10.6. The smallest absolute Gasteiger partial charge is 0.289 e. The number of pyridine rings is 1. The molecule has 128 valence electrons. The quantitative estimate of drug-likeness (QED) is 0.749. The Morgan fingerprint density at radius 2 is 1.96 bits per heavy atom. The lowest BCUT2D eigenvalue weighted by atomic mass is 10.2. The molecule has 2 heterocycles. The van der Waals surface area contributed by atoms with Crippen molar-refractivity contribution >= 4 is 5.91 Å². The minimum absolute atomic E-state index is 0.155. The highest BCUT2D eigenvalue weighted by Crippen LogP contribution is 2.23. The highest BCUT2D eigenvalue weighted by atomic mass is 19.1. The summed E-state index contributed by atoms with van der Waals surface area (Å²) in [6.45, 7) is 0.345. The molecule has 0 unspecified atom stereocenters. The van der Waals surface area contributed by atoms with E-state index in [2.05, 4.69) is 4.98 Å². The molecule has 5 nitrogen and oxygen atoms in total. The number of hydrogen-bond acceptors (Lipinski definition) is 4. The molecule has 0 aliphatic heterocycles. The minimum Gasteiger partial charge on any atom is -0.451 e. The monoisotopic (exact) mass is 340 g/mol. The average molecular weight is 340 g/mol. The second kappa shape index (κ2) is 7.72. The number of aliphatic hydroxyl groups excluding tert-OH is 1. The van der Waals surface area contributed by atoms with Gasteiger partial charge in [-0.15, -0.1) is 0 Å². The zero-order valence-corrected chi connectivity index (χ0v) is 13.4. The van der Waals surface area contributed by atoms with Gasteiger partial charge in [0, 0.05) is 31.0 Å². The Morgan fingerprint density at radius 3 is 2.64 bits per heavy atom. The second-order valence-corrected chi connectivity index (χ2v) is 5.48. The van der Waals surface area contributed by atoms with Crippen molar-refractivity contribution in [1.29, 1.82) is 0 Å². The summed E-state index contributed by atoms with van der Waals surface area (Å²) < 4.78 is 18.6. The largest absolute Gasteiger partial charge is 0.451 e. The average Bonchev–Trinajstić information content (AvgIpc) is 3.12. The molecule has 3 aromatic rings. The number of benzene rings is 1. The van der Waals surface area contributed by atoms with Crippen LogP contribution in [0.15, 0.2) is 65.3 Å². The molecular formula is C19H17FN2O3. The van der Waals surface area contributed by atoms with Gasteiger partial charge in [-0.3, -0.25) is 9.78 Å². The number of amides is 1. The van der Waals surface area contributed by atoms with Gasteiger partial charge in [0.25, 0.3) is 5.91 Å². The van der Waals surface area contributed by atoms with Gasteiger partial charge in [0.2, 0.25) is 0 Å². The van der Waals surface area contributed by atoms with Gasteiger partial charge in [-0.1, -0.05) is 6.07 Å². The summed E-state index contributed by atoms with van der Waals surface area (Å²) in [5, 5.41) is 9.24. The van der Waals surface area contributed by atoms with Gasteiger partial charge in [-0.05, 0) is 48.0 Å². The van der Waals surface area contributed by atoms with Crippen LogP contribution in [0.25, 0.3) is 11.3 Å². The van der Waals surface area contributed by atoms with Crippen molar-refractivity contribution in [3.05, 3.63) is 78.1 Å². The minimum atomic E-state index is -0.336. The molecule has 1 aromatic carbocycles. The standard InChI is InChI=1S/C19H17FN2O3/c20-16-5-3-15(4-6-16)17-7-8-18(25-17)19(24)22(10-11-23)13-14-2-1-9-21-12-14/h1-9,12,23H,10-11,13H2. The summed E-state index contributed by atoms with van der Waals surface area (Å²) in [4.78, 5) is 18.2. The molecule has 0 saturated heterocycles. The highest BCUT2D eigenvalue weighted by molar-refractivity contribution is 5.92. The first-order valence-electron chi connectivity index (χ1n) is 7.82. The van der Waals surface area contributed by atoms with Crippen LogP contribution in [0.4, 0.5) is 4.39 Å². The van der Waals surface area contributed by atoms with Crippen LogP contribution in [0, 0.1) is 5.82 Å². The third-order valence-electron chi connectivity index (χ3n) is 3.70. The molecular weight excluding hydrogens is 323 g/mol. The van der Waals surface area contributed by atoms with Gasteiger partial charge in [-0.25, -0.2) is 4.39 Å². The Bertz CT molecular complexity index is 831. The van der Waals surface area contributed by atoms with Crippen LogP contribution in [0.1, 0.15) is 16.1 Å². The summed E-state index contributed by atoms with van der Waals surface area (Å²) in [6, 6.07) is 12.7. The molecule has 0 fully saturated rings. The fourth-order valence-corrected chi connectivity index (χ4v) is 2.46. The van der Waals surface area contributed by atoms with Gasteiger partial charge >= 0.3 is 0 Å². The molecule has 1 N–H and O–H groups in total. The summed E-state index contributed by atoms with van der Waals surface area (Å²) in [5.41, 5.74) is 1.54. The van der Waals surface area contributed by atoms with Crippen molar-refractivity contribution in [3.8, 4) is 11.3 Å². The Balaban J connectivity index is 1.79. The molecule has 2 aromatic heterocycles.